The standard InChI is InChI=1S/C24H24ClN7O3.C21H22ClN7O2.C3H3ClO/c1-2-19(33)31-12-4-3-5-17(31)23-30-20(21(22(26)34)32(23)27)14-6-8-15(9-7-14)24(35)29-18-13-16(25)10-11-28-18;22-14-8-10-26-16(11-14)27-21(31)13-6-4-12(5-7-13)17-18(19(23)30)29(24)20(28-17)15-3-1-2-9-25-15;1-2-3(4)5/h2,6-11,13,17H,1,3-5,12,27H2,(H2,26,34)(H,28,29,35);4-8,10-11,15,25H,1-3,9,24H2,(H2,23,30)(H,26,27,31);2H,1H2/t17-;15-;/m00./s1. The van der Waals surface area contributed by atoms with E-state index in [4.69, 9.17) is 58.0 Å². The van der Waals surface area contributed by atoms with Gasteiger partial charge in [-0.05, 0) is 111 Å². The molecule has 8 rings (SSSR count). The van der Waals surface area contributed by atoms with Gasteiger partial charge in [-0.1, -0.05) is 67.0 Å². The molecule has 0 saturated carbocycles. The third kappa shape index (κ3) is 13.0. The molecule has 2 aliphatic heterocycles. The molecule has 23 heteroatoms. The van der Waals surface area contributed by atoms with Crippen LogP contribution in [-0.2, 0) is 9.59 Å². The number of nitrogens with one attached hydrogen (secondary N) is 3. The summed E-state index contributed by atoms with van der Waals surface area (Å²) >= 11 is 16.6. The van der Waals surface area contributed by atoms with E-state index in [1.807, 2.05) is 0 Å². The Labute approximate surface area is 422 Å². The van der Waals surface area contributed by atoms with Crippen LogP contribution in [0.5, 0.6) is 0 Å². The SMILES string of the molecule is C=CC(=O)Cl.C=CC(=O)N1CCCC[C@H]1c1nc(-c2ccc(C(=O)Nc3cc(Cl)ccn3)cc2)c(C(N)=O)n1N.NC(=O)c1c(-c2ccc(C(=O)Nc3cc(Cl)ccn3)cc2)nc([C@@H]2CCCCN2)n1N. The minimum Gasteiger partial charge on any atom is -0.364 e. The molecule has 0 aliphatic carbocycles. The first-order valence-corrected chi connectivity index (χ1v) is 23.0. The fraction of sp³-hybridized carbons (Fsp3) is 0.208. The van der Waals surface area contributed by atoms with Gasteiger partial charge in [-0.3, -0.25) is 28.8 Å². The number of nitrogens with zero attached hydrogens (tertiary/aromatic N) is 7. The molecular weight excluding hydrogens is 975 g/mol. The minimum absolute atomic E-state index is 0.0110. The number of rotatable bonds is 12. The number of carbonyl (C=O) groups is 6. The number of allylic oxidation sites excluding steroid dienone is 1. The van der Waals surface area contributed by atoms with Crippen LogP contribution in [0.2, 0.25) is 10.0 Å². The van der Waals surface area contributed by atoms with Crippen molar-refractivity contribution in [3.05, 3.63) is 155 Å². The van der Waals surface area contributed by atoms with Crippen LogP contribution in [0.1, 0.15) is 104 Å². The number of pyridine rings is 2. The molecule has 6 aromatic rings. The average Bonchev–Trinajstić information content (AvgIpc) is 3.91. The van der Waals surface area contributed by atoms with Gasteiger partial charge in [0, 0.05) is 51.2 Å². The summed E-state index contributed by atoms with van der Waals surface area (Å²) in [6, 6.07) is 19.0. The molecule has 2 saturated heterocycles. The van der Waals surface area contributed by atoms with E-state index in [0.29, 0.717) is 74.2 Å². The summed E-state index contributed by atoms with van der Waals surface area (Å²) in [5, 5.41) is 9.14. The molecule has 368 valence electrons. The number of halogens is 3. The second-order valence-corrected chi connectivity index (χ2v) is 17.1. The molecule has 4 aromatic heterocycles. The van der Waals surface area contributed by atoms with Crippen LogP contribution in [0.25, 0.3) is 22.5 Å². The highest BCUT2D eigenvalue weighted by molar-refractivity contribution is 6.66. The molecular formula is C48H49Cl3N14O6. The molecule has 0 bridgehead atoms. The molecule has 20 nitrogen and oxygen atoms in total. The lowest BCUT2D eigenvalue weighted by molar-refractivity contribution is -0.130. The molecule has 2 aromatic carbocycles. The van der Waals surface area contributed by atoms with Gasteiger partial charge in [-0.2, -0.15) is 0 Å². The summed E-state index contributed by atoms with van der Waals surface area (Å²) < 4.78 is 2.43. The van der Waals surface area contributed by atoms with E-state index in [2.05, 4.69) is 49.0 Å². The highest BCUT2D eigenvalue weighted by Gasteiger charge is 2.33. The number of primary amides is 2. The summed E-state index contributed by atoms with van der Waals surface area (Å²) in [4.78, 5) is 90.3. The van der Waals surface area contributed by atoms with E-state index >= 15 is 0 Å². The van der Waals surface area contributed by atoms with Gasteiger partial charge in [0.25, 0.3) is 23.6 Å². The largest absolute Gasteiger partial charge is 0.364 e. The zero-order valence-electron chi connectivity index (χ0n) is 38.0. The first kappa shape index (κ1) is 52.5. The van der Waals surface area contributed by atoms with Crippen LogP contribution >= 0.6 is 34.8 Å². The quantitative estimate of drug-likeness (QED) is 0.0402. The van der Waals surface area contributed by atoms with Gasteiger partial charge in [0.15, 0.2) is 17.2 Å². The monoisotopic (exact) mass is 1020 g/mol. The zero-order valence-corrected chi connectivity index (χ0v) is 40.3. The molecule has 2 atom stereocenters. The van der Waals surface area contributed by atoms with Crippen molar-refractivity contribution in [1.29, 1.82) is 0 Å². The lowest BCUT2D eigenvalue weighted by Crippen LogP contribution is -2.39. The Hall–Kier alpha value is -7.91. The number of benzene rings is 2. The maximum atomic E-state index is 12.6. The molecule has 5 amide bonds. The molecule has 2 fully saturated rings. The lowest BCUT2D eigenvalue weighted by atomic mass is 10.0. The number of aromatic nitrogens is 6. The van der Waals surface area contributed by atoms with E-state index in [1.54, 1.807) is 71.6 Å². The Kier molecular flexibility index (Phi) is 17.8. The average molecular weight is 1020 g/mol. The first-order valence-electron chi connectivity index (χ1n) is 21.9. The van der Waals surface area contributed by atoms with Gasteiger partial charge in [0.05, 0.1) is 12.1 Å². The number of nitrogen functional groups attached to an aromatic ring is 2. The number of carbonyl (C=O) groups excluding carboxylic acids is 6. The first-order chi connectivity index (χ1) is 34.0. The Bertz CT molecular complexity index is 2970. The third-order valence-electron chi connectivity index (χ3n) is 11.2. The number of hydrogen-bond donors (Lipinski definition) is 7. The van der Waals surface area contributed by atoms with Crippen molar-refractivity contribution in [3.63, 3.8) is 0 Å². The van der Waals surface area contributed by atoms with Crippen LogP contribution in [0.4, 0.5) is 11.6 Å². The van der Waals surface area contributed by atoms with Crippen molar-refractivity contribution >= 4 is 81.2 Å². The van der Waals surface area contributed by atoms with Gasteiger partial charge in [-0.25, -0.2) is 29.3 Å². The number of amides is 5. The summed E-state index contributed by atoms with van der Waals surface area (Å²) in [7, 11) is 0. The van der Waals surface area contributed by atoms with Crippen LogP contribution in [0.15, 0.2) is 111 Å². The Morgan fingerprint density at radius 3 is 1.55 bits per heavy atom. The Morgan fingerprint density at radius 1 is 0.662 bits per heavy atom. The van der Waals surface area contributed by atoms with Crippen molar-refractivity contribution in [3.8, 4) is 22.5 Å². The van der Waals surface area contributed by atoms with Gasteiger partial charge in [0.1, 0.15) is 28.8 Å². The fourth-order valence-electron chi connectivity index (χ4n) is 7.79. The highest BCUT2D eigenvalue weighted by Crippen LogP contribution is 2.34. The maximum Gasteiger partial charge on any atom is 0.269 e. The van der Waals surface area contributed by atoms with Gasteiger partial charge in [0.2, 0.25) is 11.1 Å². The maximum absolute atomic E-state index is 12.6. The van der Waals surface area contributed by atoms with E-state index in [-0.39, 0.29) is 40.8 Å². The minimum atomic E-state index is -0.757. The van der Waals surface area contributed by atoms with Crippen LogP contribution in [0, 0.1) is 0 Å². The number of nitrogens with two attached hydrogens (primary N) is 4. The highest BCUT2D eigenvalue weighted by atomic mass is 35.5. The number of likely N-dealkylation sites (tertiary alicyclic amines) is 1. The van der Waals surface area contributed by atoms with Gasteiger partial charge < -0.3 is 44.0 Å². The van der Waals surface area contributed by atoms with Crippen molar-refractivity contribution in [2.24, 2.45) is 11.5 Å². The lowest BCUT2D eigenvalue weighted by Gasteiger charge is -2.34. The molecule has 0 unspecified atom stereocenters. The van der Waals surface area contributed by atoms with Crippen LogP contribution in [-0.4, -0.2) is 82.1 Å². The van der Waals surface area contributed by atoms with Gasteiger partial charge >= 0.3 is 0 Å². The summed E-state index contributed by atoms with van der Waals surface area (Å²) in [6.45, 7) is 8.05. The smallest absolute Gasteiger partial charge is 0.269 e. The molecule has 6 heterocycles. The molecule has 2 aliphatic rings. The van der Waals surface area contributed by atoms with E-state index in [1.165, 1.54) is 29.2 Å². The predicted molar refractivity (Wildman–Crippen MR) is 271 cm³/mol. The van der Waals surface area contributed by atoms with Crippen LogP contribution in [0.3, 0.4) is 0 Å². The Balaban J connectivity index is 0.000000213. The number of imidazole rings is 2. The van der Waals surface area contributed by atoms with Crippen LogP contribution < -0.4 is 39.1 Å². The summed E-state index contributed by atoms with van der Waals surface area (Å²) in [5.74, 6) is 11.7. The second-order valence-electron chi connectivity index (χ2n) is 15.8. The zero-order chi connectivity index (χ0) is 51.4. The van der Waals surface area contributed by atoms with Crippen molar-refractivity contribution in [1.82, 2.24) is 39.5 Å². The summed E-state index contributed by atoms with van der Waals surface area (Å²) in [5.41, 5.74) is 14.0. The normalized spacial score (nSPS) is 15.1. The topological polar surface area (TPSA) is 307 Å². The van der Waals surface area contributed by atoms with Crippen molar-refractivity contribution in [2.45, 2.75) is 50.6 Å². The molecule has 71 heavy (non-hydrogen) atoms. The number of anilines is 2. The molecule has 11 N–H and O–H groups in total. The summed E-state index contributed by atoms with van der Waals surface area (Å²) in [6.07, 6.45) is 10.7. The molecule has 0 radical (unpaired) electrons. The van der Waals surface area contributed by atoms with E-state index in [9.17, 15) is 28.8 Å². The Morgan fingerprint density at radius 2 is 1.13 bits per heavy atom. The van der Waals surface area contributed by atoms with E-state index in [0.717, 1.165) is 49.4 Å². The van der Waals surface area contributed by atoms with Gasteiger partial charge in [-0.15, -0.1) is 0 Å². The number of hydrogen-bond acceptors (Lipinski definition) is 13. The van der Waals surface area contributed by atoms with E-state index < -0.39 is 23.1 Å². The predicted octanol–water partition coefficient (Wildman–Crippen LogP) is 6.32. The fourth-order valence-corrected chi connectivity index (χ4v) is 8.11. The third-order valence-corrected chi connectivity index (χ3v) is 11.8. The second kappa shape index (κ2) is 24.1. The molecule has 0 spiro atoms. The van der Waals surface area contributed by atoms with Crippen molar-refractivity contribution in [2.75, 3.05) is 35.4 Å². The number of piperidine rings is 2. The van der Waals surface area contributed by atoms with Crippen molar-refractivity contribution < 1.29 is 28.8 Å².